The van der Waals surface area contributed by atoms with Gasteiger partial charge < -0.3 is 20.1 Å². The third-order valence-corrected chi connectivity index (χ3v) is 3.69. The minimum absolute atomic E-state index is 0.0812. The van der Waals surface area contributed by atoms with Crippen LogP contribution in [0.25, 0.3) is 0 Å². The first-order valence-electron chi connectivity index (χ1n) is 6.89. The van der Waals surface area contributed by atoms with Crippen LogP contribution in [0.4, 0.5) is 0 Å². The van der Waals surface area contributed by atoms with Gasteiger partial charge in [0.15, 0.2) is 11.5 Å². The number of carbonyl (C=O) groups is 1. The molecular formula is C15H22N2O3. The zero-order valence-corrected chi connectivity index (χ0v) is 12.3. The van der Waals surface area contributed by atoms with E-state index in [0.29, 0.717) is 17.9 Å². The van der Waals surface area contributed by atoms with Crippen LogP contribution < -0.4 is 15.2 Å². The molecule has 0 aromatic heterocycles. The lowest BCUT2D eigenvalue weighted by molar-refractivity contribution is -0.129. The van der Waals surface area contributed by atoms with Crippen LogP contribution in [0.2, 0.25) is 0 Å². The fraction of sp³-hybridized carbons (Fsp3) is 0.533. The number of methoxy groups -OCH3 is 2. The van der Waals surface area contributed by atoms with Gasteiger partial charge in [-0.3, -0.25) is 4.79 Å². The van der Waals surface area contributed by atoms with Crippen LogP contribution in [-0.2, 0) is 4.79 Å². The van der Waals surface area contributed by atoms with Gasteiger partial charge in [-0.15, -0.1) is 0 Å². The van der Waals surface area contributed by atoms with Crippen molar-refractivity contribution in [1.29, 1.82) is 0 Å². The van der Waals surface area contributed by atoms with E-state index in [2.05, 4.69) is 6.92 Å². The molecule has 0 bridgehead atoms. The maximum atomic E-state index is 12.0. The fourth-order valence-electron chi connectivity index (χ4n) is 2.79. The minimum Gasteiger partial charge on any atom is -0.493 e. The van der Waals surface area contributed by atoms with Crippen molar-refractivity contribution in [2.24, 2.45) is 5.73 Å². The van der Waals surface area contributed by atoms with Crippen LogP contribution >= 0.6 is 0 Å². The normalized spacial score (nSPS) is 22.2. The van der Waals surface area contributed by atoms with Crippen LogP contribution in [0, 0.1) is 0 Å². The SMILES string of the molecule is CCCN1C(=O)CC(N)C1c1ccc(OC)c(OC)c1. The molecule has 0 aliphatic carbocycles. The van der Waals surface area contributed by atoms with E-state index in [-0.39, 0.29) is 18.0 Å². The number of benzene rings is 1. The summed E-state index contributed by atoms with van der Waals surface area (Å²) in [7, 11) is 3.21. The Hall–Kier alpha value is -1.75. The molecule has 0 radical (unpaired) electrons. The molecule has 2 rings (SSSR count). The molecule has 110 valence electrons. The number of nitrogens with zero attached hydrogens (tertiary/aromatic N) is 1. The van der Waals surface area contributed by atoms with Crippen molar-refractivity contribution in [2.45, 2.75) is 31.8 Å². The van der Waals surface area contributed by atoms with Crippen molar-refractivity contribution in [2.75, 3.05) is 20.8 Å². The molecule has 5 heteroatoms. The molecule has 1 aliphatic rings. The Bertz CT molecular complexity index is 490. The van der Waals surface area contributed by atoms with Gasteiger partial charge in [0.25, 0.3) is 0 Å². The number of likely N-dealkylation sites (tertiary alicyclic amines) is 1. The van der Waals surface area contributed by atoms with E-state index in [1.54, 1.807) is 14.2 Å². The summed E-state index contributed by atoms with van der Waals surface area (Å²) in [5, 5.41) is 0. The maximum Gasteiger partial charge on any atom is 0.224 e. The van der Waals surface area contributed by atoms with E-state index >= 15 is 0 Å². The molecular weight excluding hydrogens is 256 g/mol. The Balaban J connectivity index is 2.35. The van der Waals surface area contributed by atoms with Crippen molar-refractivity contribution >= 4 is 5.91 Å². The second-order valence-corrected chi connectivity index (χ2v) is 5.01. The summed E-state index contributed by atoms with van der Waals surface area (Å²) in [6.45, 7) is 2.79. The van der Waals surface area contributed by atoms with Gasteiger partial charge >= 0.3 is 0 Å². The Kier molecular flexibility index (Phi) is 4.49. The lowest BCUT2D eigenvalue weighted by Crippen LogP contribution is -2.33. The molecule has 1 fully saturated rings. The maximum absolute atomic E-state index is 12.0. The first-order valence-corrected chi connectivity index (χ1v) is 6.89. The molecule has 1 aliphatic heterocycles. The topological polar surface area (TPSA) is 64.8 Å². The summed E-state index contributed by atoms with van der Waals surface area (Å²) in [6.07, 6.45) is 1.32. The summed E-state index contributed by atoms with van der Waals surface area (Å²) in [5.41, 5.74) is 7.14. The molecule has 20 heavy (non-hydrogen) atoms. The number of nitrogens with two attached hydrogens (primary N) is 1. The van der Waals surface area contributed by atoms with Crippen molar-refractivity contribution in [3.05, 3.63) is 23.8 Å². The Morgan fingerprint density at radius 2 is 2.00 bits per heavy atom. The van der Waals surface area contributed by atoms with Gasteiger partial charge in [0.2, 0.25) is 5.91 Å². The fourth-order valence-corrected chi connectivity index (χ4v) is 2.79. The smallest absolute Gasteiger partial charge is 0.224 e. The molecule has 2 N–H and O–H groups in total. The molecule has 2 unspecified atom stereocenters. The van der Waals surface area contributed by atoms with Gasteiger partial charge in [0, 0.05) is 19.0 Å². The highest BCUT2D eigenvalue weighted by atomic mass is 16.5. The number of carbonyl (C=O) groups excluding carboxylic acids is 1. The van der Waals surface area contributed by atoms with Crippen molar-refractivity contribution in [1.82, 2.24) is 4.90 Å². The van der Waals surface area contributed by atoms with Crippen molar-refractivity contribution < 1.29 is 14.3 Å². The largest absolute Gasteiger partial charge is 0.493 e. The molecule has 1 heterocycles. The van der Waals surface area contributed by atoms with E-state index in [1.807, 2.05) is 23.1 Å². The quantitative estimate of drug-likeness (QED) is 0.890. The highest BCUT2D eigenvalue weighted by Gasteiger charge is 2.38. The van der Waals surface area contributed by atoms with Crippen molar-refractivity contribution in [3.63, 3.8) is 0 Å². The first kappa shape index (κ1) is 14.7. The lowest BCUT2D eigenvalue weighted by Gasteiger charge is -2.27. The van der Waals surface area contributed by atoms with Crippen LogP contribution in [0.3, 0.4) is 0 Å². The first-order chi connectivity index (χ1) is 9.62. The van der Waals surface area contributed by atoms with Gasteiger partial charge in [-0.05, 0) is 24.1 Å². The number of hydrogen-bond donors (Lipinski definition) is 1. The lowest BCUT2D eigenvalue weighted by atomic mass is 10.00. The summed E-state index contributed by atoms with van der Waals surface area (Å²) < 4.78 is 10.6. The number of hydrogen-bond acceptors (Lipinski definition) is 4. The van der Waals surface area contributed by atoms with E-state index in [4.69, 9.17) is 15.2 Å². The molecule has 5 nitrogen and oxygen atoms in total. The van der Waals surface area contributed by atoms with Gasteiger partial charge in [0.1, 0.15) is 0 Å². The zero-order valence-electron chi connectivity index (χ0n) is 12.3. The summed E-state index contributed by atoms with van der Waals surface area (Å²) >= 11 is 0. The summed E-state index contributed by atoms with van der Waals surface area (Å²) in [6, 6.07) is 5.46. The third-order valence-electron chi connectivity index (χ3n) is 3.69. The molecule has 2 atom stereocenters. The van der Waals surface area contributed by atoms with Crippen LogP contribution in [0.15, 0.2) is 18.2 Å². The number of ether oxygens (including phenoxy) is 2. The van der Waals surface area contributed by atoms with Crippen molar-refractivity contribution in [3.8, 4) is 11.5 Å². The standard InChI is InChI=1S/C15H22N2O3/c1-4-7-17-14(18)9-11(16)15(17)10-5-6-12(19-2)13(8-10)20-3/h5-6,8,11,15H,4,7,9,16H2,1-3H3. The number of amides is 1. The summed E-state index contributed by atoms with van der Waals surface area (Å²) in [4.78, 5) is 13.9. The number of rotatable bonds is 5. The van der Waals surface area contributed by atoms with Crippen LogP contribution in [0.1, 0.15) is 31.4 Å². The van der Waals surface area contributed by atoms with Gasteiger partial charge in [0.05, 0.1) is 20.3 Å². The molecule has 0 spiro atoms. The van der Waals surface area contributed by atoms with Gasteiger partial charge in [-0.25, -0.2) is 0 Å². The van der Waals surface area contributed by atoms with E-state index in [1.165, 1.54) is 0 Å². The molecule has 1 saturated heterocycles. The summed E-state index contributed by atoms with van der Waals surface area (Å²) in [5.74, 6) is 1.46. The molecule has 1 amide bonds. The molecule has 0 saturated carbocycles. The Morgan fingerprint density at radius 3 is 2.60 bits per heavy atom. The van der Waals surface area contributed by atoms with E-state index in [0.717, 1.165) is 18.5 Å². The second kappa shape index (κ2) is 6.13. The highest BCUT2D eigenvalue weighted by molar-refractivity contribution is 5.80. The third kappa shape index (κ3) is 2.58. The predicted molar refractivity (Wildman–Crippen MR) is 76.9 cm³/mol. The van der Waals surface area contributed by atoms with Gasteiger partial charge in [-0.2, -0.15) is 0 Å². The Morgan fingerprint density at radius 1 is 1.30 bits per heavy atom. The highest BCUT2D eigenvalue weighted by Crippen LogP contribution is 2.36. The Labute approximate surface area is 119 Å². The van der Waals surface area contributed by atoms with Crippen LogP contribution in [-0.4, -0.2) is 37.6 Å². The van der Waals surface area contributed by atoms with Crippen LogP contribution in [0.5, 0.6) is 11.5 Å². The van der Waals surface area contributed by atoms with E-state index in [9.17, 15) is 4.79 Å². The predicted octanol–water partition coefficient (Wildman–Crippen LogP) is 1.71. The monoisotopic (exact) mass is 278 g/mol. The molecule has 1 aromatic carbocycles. The minimum atomic E-state index is -0.174. The average Bonchev–Trinajstić information content (AvgIpc) is 2.73. The zero-order chi connectivity index (χ0) is 14.7. The second-order valence-electron chi connectivity index (χ2n) is 5.01. The van der Waals surface area contributed by atoms with E-state index < -0.39 is 0 Å². The van der Waals surface area contributed by atoms with Gasteiger partial charge in [-0.1, -0.05) is 13.0 Å². The molecule has 1 aromatic rings. The average molecular weight is 278 g/mol.